The summed E-state index contributed by atoms with van der Waals surface area (Å²) in [5.41, 5.74) is 2.90. The highest BCUT2D eigenvalue weighted by Crippen LogP contribution is 2.24. The number of amides is 1. The van der Waals surface area contributed by atoms with Gasteiger partial charge in [-0.3, -0.25) is 4.79 Å². The Balaban J connectivity index is 1.73. The molecule has 0 radical (unpaired) electrons. The van der Waals surface area contributed by atoms with E-state index in [1.807, 2.05) is 31.2 Å². The van der Waals surface area contributed by atoms with Crippen molar-refractivity contribution in [2.75, 3.05) is 5.32 Å². The molecule has 0 spiro atoms. The van der Waals surface area contributed by atoms with Crippen molar-refractivity contribution in [1.82, 2.24) is 9.97 Å². The van der Waals surface area contributed by atoms with Gasteiger partial charge in [-0.05, 0) is 42.3 Å². The number of carbonyl (C=O) groups is 1. The normalized spacial score (nSPS) is 10.6. The van der Waals surface area contributed by atoms with Crippen LogP contribution in [-0.2, 0) is 5.75 Å². The van der Waals surface area contributed by atoms with Crippen LogP contribution in [0.15, 0.2) is 59.9 Å². The summed E-state index contributed by atoms with van der Waals surface area (Å²) in [6.45, 7) is 2.04. The second-order valence-electron chi connectivity index (χ2n) is 5.53. The maximum Gasteiger partial charge on any atom is 0.275 e. The van der Waals surface area contributed by atoms with E-state index in [0.717, 1.165) is 0 Å². The molecular weight excluding hydrogens is 373 g/mol. The van der Waals surface area contributed by atoms with Crippen molar-refractivity contribution in [3.63, 3.8) is 0 Å². The van der Waals surface area contributed by atoms with Gasteiger partial charge in [0.05, 0.1) is 11.2 Å². The molecule has 0 aliphatic carbocycles. The molecule has 3 aromatic rings. The summed E-state index contributed by atoms with van der Waals surface area (Å²) in [6, 6.07) is 13.5. The summed E-state index contributed by atoms with van der Waals surface area (Å²) in [5.74, 6) is -0.160. The number of nitrogens with one attached hydrogen (secondary N) is 1. The molecule has 7 heteroatoms. The molecule has 3 rings (SSSR count). The standard InChI is InChI=1S/C19H15ClFN3OS/c1-12-4-2-3-5-13(12)11-26-19-22-10-16(20)17(24-19)18(25)23-15-8-6-14(21)7-9-15/h2-10H,11H2,1H3,(H,23,25). The first-order chi connectivity index (χ1) is 12.5. The van der Waals surface area contributed by atoms with Gasteiger partial charge in [0, 0.05) is 11.4 Å². The average molecular weight is 388 g/mol. The maximum atomic E-state index is 13.0. The van der Waals surface area contributed by atoms with Gasteiger partial charge in [-0.2, -0.15) is 0 Å². The minimum Gasteiger partial charge on any atom is -0.321 e. The van der Waals surface area contributed by atoms with E-state index < -0.39 is 5.91 Å². The van der Waals surface area contributed by atoms with Gasteiger partial charge in [0.2, 0.25) is 0 Å². The Morgan fingerprint density at radius 3 is 2.65 bits per heavy atom. The number of nitrogens with zero attached hydrogens (tertiary/aromatic N) is 2. The van der Waals surface area contributed by atoms with Crippen molar-refractivity contribution < 1.29 is 9.18 Å². The van der Waals surface area contributed by atoms with E-state index in [4.69, 9.17) is 11.6 Å². The number of anilines is 1. The number of benzene rings is 2. The third kappa shape index (κ3) is 4.59. The molecule has 0 saturated heterocycles. The van der Waals surface area contributed by atoms with Crippen molar-refractivity contribution in [1.29, 1.82) is 0 Å². The second-order valence-corrected chi connectivity index (χ2v) is 6.87. The predicted octanol–water partition coefficient (Wildman–Crippen LogP) is 5.12. The lowest BCUT2D eigenvalue weighted by Gasteiger charge is -2.08. The van der Waals surface area contributed by atoms with Crippen molar-refractivity contribution in [3.05, 3.63) is 82.4 Å². The first kappa shape index (κ1) is 18.4. The van der Waals surface area contributed by atoms with Crippen LogP contribution in [0.2, 0.25) is 5.02 Å². The fourth-order valence-corrected chi connectivity index (χ4v) is 3.29. The Labute approximate surface area is 159 Å². The van der Waals surface area contributed by atoms with Gasteiger partial charge in [0.1, 0.15) is 5.82 Å². The van der Waals surface area contributed by atoms with E-state index >= 15 is 0 Å². The zero-order valence-electron chi connectivity index (χ0n) is 13.9. The van der Waals surface area contributed by atoms with Gasteiger partial charge in [0.25, 0.3) is 5.91 Å². The minimum absolute atomic E-state index is 0.0817. The van der Waals surface area contributed by atoms with Gasteiger partial charge >= 0.3 is 0 Å². The molecule has 132 valence electrons. The van der Waals surface area contributed by atoms with Crippen LogP contribution in [0.4, 0.5) is 10.1 Å². The highest BCUT2D eigenvalue weighted by atomic mass is 35.5. The first-order valence-electron chi connectivity index (χ1n) is 7.79. The van der Waals surface area contributed by atoms with Gasteiger partial charge in [-0.25, -0.2) is 14.4 Å². The van der Waals surface area contributed by atoms with Crippen LogP contribution >= 0.6 is 23.4 Å². The number of hydrogen-bond donors (Lipinski definition) is 1. The largest absolute Gasteiger partial charge is 0.321 e. The van der Waals surface area contributed by atoms with Gasteiger partial charge < -0.3 is 5.32 Å². The molecule has 26 heavy (non-hydrogen) atoms. The Hall–Kier alpha value is -2.44. The van der Waals surface area contributed by atoms with E-state index in [-0.39, 0.29) is 16.5 Å². The Bertz CT molecular complexity index is 934. The third-order valence-corrected chi connectivity index (χ3v) is 4.84. The zero-order chi connectivity index (χ0) is 18.5. The van der Waals surface area contributed by atoms with Crippen LogP contribution in [0.1, 0.15) is 21.6 Å². The topological polar surface area (TPSA) is 54.9 Å². The molecule has 2 aromatic carbocycles. The van der Waals surface area contributed by atoms with Crippen molar-refractivity contribution >= 4 is 35.0 Å². The van der Waals surface area contributed by atoms with Crippen LogP contribution in [0, 0.1) is 12.7 Å². The van der Waals surface area contributed by atoms with E-state index in [9.17, 15) is 9.18 Å². The van der Waals surface area contributed by atoms with Crippen molar-refractivity contribution in [2.24, 2.45) is 0 Å². The van der Waals surface area contributed by atoms with Crippen LogP contribution < -0.4 is 5.32 Å². The third-order valence-electron chi connectivity index (χ3n) is 3.66. The molecule has 4 nitrogen and oxygen atoms in total. The summed E-state index contributed by atoms with van der Waals surface area (Å²) < 4.78 is 13.0. The number of halogens is 2. The van der Waals surface area contributed by atoms with E-state index in [1.54, 1.807) is 0 Å². The predicted molar refractivity (Wildman–Crippen MR) is 102 cm³/mol. The van der Waals surface area contributed by atoms with Crippen molar-refractivity contribution in [2.45, 2.75) is 17.8 Å². The number of carbonyl (C=O) groups excluding carboxylic acids is 1. The Morgan fingerprint density at radius 2 is 1.92 bits per heavy atom. The summed E-state index contributed by atoms with van der Waals surface area (Å²) in [5, 5.41) is 3.26. The molecule has 1 N–H and O–H groups in total. The van der Waals surface area contributed by atoms with Crippen LogP contribution in [0.3, 0.4) is 0 Å². The molecule has 1 heterocycles. The van der Waals surface area contributed by atoms with Gasteiger partial charge in [-0.1, -0.05) is 47.6 Å². The maximum absolute atomic E-state index is 13.0. The molecule has 0 unspecified atom stereocenters. The van der Waals surface area contributed by atoms with Gasteiger partial charge in [-0.15, -0.1) is 0 Å². The molecule has 0 bridgehead atoms. The minimum atomic E-state index is -0.471. The number of rotatable bonds is 5. The summed E-state index contributed by atoms with van der Waals surface area (Å²) in [6.07, 6.45) is 1.41. The lowest BCUT2D eigenvalue weighted by molar-refractivity contribution is 0.102. The number of aryl methyl sites for hydroxylation is 1. The lowest BCUT2D eigenvalue weighted by Crippen LogP contribution is -2.15. The molecule has 0 aliphatic heterocycles. The Kier molecular flexibility index (Phi) is 5.85. The molecule has 0 aliphatic rings. The monoisotopic (exact) mass is 387 g/mol. The number of thioether (sulfide) groups is 1. The van der Waals surface area contributed by atoms with E-state index in [1.165, 1.54) is 53.4 Å². The number of hydrogen-bond acceptors (Lipinski definition) is 4. The van der Waals surface area contributed by atoms with Crippen LogP contribution in [0.5, 0.6) is 0 Å². The van der Waals surface area contributed by atoms with E-state index in [2.05, 4.69) is 15.3 Å². The fraction of sp³-hybridized carbons (Fsp3) is 0.105. The molecule has 0 atom stereocenters. The number of aromatic nitrogens is 2. The molecule has 0 fully saturated rings. The summed E-state index contributed by atoms with van der Waals surface area (Å²) in [4.78, 5) is 20.9. The SMILES string of the molecule is Cc1ccccc1CSc1ncc(Cl)c(C(=O)Nc2ccc(F)cc2)n1. The van der Waals surface area contributed by atoms with E-state index in [0.29, 0.717) is 16.6 Å². The van der Waals surface area contributed by atoms with Gasteiger partial charge in [0.15, 0.2) is 10.9 Å². The molecule has 1 aromatic heterocycles. The Morgan fingerprint density at radius 1 is 1.19 bits per heavy atom. The zero-order valence-corrected chi connectivity index (χ0v) is 15.4. The summed E-state index contributed by atoms with van der Waals surface area (Å²) in [7, 11) is 0. The van der Waals surface area contributed by atoms with Crippen LogP contribution in [0.25, 0.3) is 0 Å². The highest BCUT2D eigenvalue weighted by molar-refractivity contribution is 7.98. The van der Waals surface area contributed by atoms with Crippen molar-refractivity contribution in [3.8, 4) is 0 Å². The fourth-order valence-electron chi connectivity index (χ4n) is 2.22. The summed E-state index contributed by atoms with van der Waals surface area (Å²) >= 11 is 7.50. The smallest absolute Gasteiger partial charge is 0.275 e. The highest BCUT2D eigenvalue weighted by Gasteiger charge is 2.15. The molecule has 1 amide bonds. The molecular formula is C19H15ClFN3OS. The quantitative estimate of drug-likeness (QED) is 0.487. The average Bonchev–Trinajstić information content (AvgIpc) is 2.64. The second kappa shape index (κ2) is 8.29. The first-order valence-corrected chi connectivity index (χ1v) is 9.16. The lowest BCUT2D eigenvalue weighted by atomic mass is 10.1. The molecule has 0 saturated carbocycles. The van der Waals surface area contributed by atoms with Crippen LogP contribution in [-0.4, -0.2) is 15.9 Å².